The van der Waals surface area contributed by atoms with Gasteiger partial charge in [0.05, 0.1) is 6.61 Å². The second-order valence-electron chi connectivity index (χ2n) is 2.94. The first-order valence-corrected chi connectivity index (χ1v) is 4.82. The first kappa shape index (κ1) is 12.3. The van der Waals surface area contributed by atoms with Gasteiger partial charge in [-0.2, -0.15) is 0 Å². The second kappa shape index (κ2) is 6.63. The highest BCUT2D eigenvalue weighted by molar-refractivity contribution is 5.83. The lowest BCUT2D eigenvalue weighted by molar-refractivity contribution is -0.128. The van der Waals surface area contributed by atoms with E-state index < -0.39 is 5.97 Å². The van der Waals surface area contributed by atoms with Crippen LogP contribution in [0.5, 0.6) is 11.5 Å². The number of benzene rings is 1. The highest BCUT2D eigenvalue weighted by Gasteiger charge is 1.99. The van der Waals surface area contributed by atoms with E-state index in [1.54, 1.807) is 31.4 Å². The summed E-state index contributed by atoms with van der Waals surface area (Å²) < 4.78 is 15.1. The van der Waals surface area contributed by atoms with Gasteiger partial charge >= 0.3 is 5.97 Å². The van der Waals surface area contributed by atoms with E-state index in [-0.39, 0.29) is 0 Å². The zero-order valence-electron chi connectivity index (χ0n) is 9.14. The van der Waals surface area contributed by atoms with Crippen LogP contribution in [0.25, 0.3) is 0 Å². The molecule has 0 bridgehead atoms. The lowest BCUT2D eigenvalue weighted by Crippen LogP contribution is -2.05. The molecule has 0 spiro atoms. The van der Waals surface area contributed by atoms with Crippen LogP contribution in [0.3, 0.4) is 0 Å². The van der Waals surface area contributed by atoms with Gasteiger partial charge in [-0.1, -0.05) is 6.58 Å². The Hall–Kier alpha value is -1.81. The molecular weight excluding hydrogens is 208 g/mol. The van der Waals surface area contributed by atoms with Crippen molar-refractivity contribution in [3.05, 3.63) is 36.9 Å². The van der Waals surface area contributed by atoms with Gasteiger partial charge in [-0.15, -0.1) is 0 Å². The van der Waals surface area contributed by atoms with Crippen LogP contribution in [0.1, 0.15) is 0 Å². The van der Waals surface area contributed by atoms with Crippen LogP contribution < -0.4 is 9.47 Å². The summed E-state index contributed by atoms with van der Waals surface area (Å²) in [4.78, 5) is 10.9. The van der Waals surface area contributed by atoms with Crippen LogP contribution in [0.15, 0.2) is 36.9 Å². The average molecular weight is 222 g/mol. The van der Waals surface area contributed by atoms with Gasteiger partial charge in [-0.05, 0) is 24.3 Å². The number of rotatable bonds is 6. The van der Waals surface area contributed by atoms with Crippen molar-refractivity contribution < 1.29 is 19.0 Å². The van der Waals surface area contributed by atoms with Crippen molar-refractivity contribution in [3.63, 3.8) is 0 Å². The first-order valence-electron chi connectivity index (χ1n) is 4.82. The fraction of sp³-hybridized carbons (Fsp3) is 0.250. The monoisotopic (exact) mass is 222 g/mol. The minimum atomic E-state index is -0.479. The molecule has 0 fully saturated rings. The number of hydrogen-bond donors (Lipinski definition) is 0. The van der Waals surface area contributed by atoms with Gasteiger partial charge in [-0.25, -0.2) is 4.79 Å². The molecule has 0 saturated heterocycles. The summed E-state index contributed by atoms with van der Waals surface area (Å²) in [6.07, 6.45) is 1.11. The van der Waals surface area contributed by atoms with Gasteiger partial charge in [0.15, 0.2) is 0 Å². The molecule has 0 aliphatic heterocycles. The van der Waals surface area contributed by atoms with E-state index in [1.165, 1.54) is 0 Å². The fourth-order valence-corrected chi connectivity index (χ4v) is 1.00. The van der Waals surface area contributed by atoms with E-state index >= 15 is 0 Å². The largest absolute Gasteiger partial charge is 0.491 e. The fourth-order valence-electron chi connectivity index (χ4n) is 1.00. The molecule has 4 nitrogen and oxygen atoms in total. The van der Waals surface area contributed by atoms with E-state index in [0.717, 1.165) is 6.08 Å². The molecule has 0 unspecified atom stereocenters. The third kappa shape index (κ3) is 4.14. The van der Waals surface area contributed by atoms with Crippen LogP contribution in [0.2, 0.25) is 0 Å². The molecule has 86 valence electrons. The summed E-state index contributed by atoms with van der Waals surface area (Å²) in [5.74, 6) is 0.687. The molecule has 4 heteroatoms. The lowest BCUT2D eigenvalue weighted by atomic mass is 10.3. The third-order valence-corrected chi connectivity index (χ3v) is 1.77. The standard InChI is InChI=1S/C12H14O4/c1-3-12(13)16-11-6-4-10(5-7-11)15-9-8-14-2/h3-7H,1,8-9H2,2H3. The van der Waals surface area contributed by atoms with Gasteiger partial charge in [0.1, 0.15) is 18.1 Å². The molecule has 0 saturated carbocycles. The zero-order chi connectivity index (χ0) is 11.8. The summed E-state index contributed by atoms with van der Waals surface area (Å²) in [6.45, 7) is 4.33. The van der Waals surface area contributed by atoms with Gasteiger partial charge < -0.3 is 14.2 Å². The van der Waals surface area contributed by atoms with E-state index in [1.807, 2.05) is 0 Å². The summed E-state index contributed by atoms with van der Waals surface area (Å²) >= 11 is 0. The molecule has 1 aromatic carbocycles. The summed E-state index contributed by atoms with van der Waals surface area (Å²) in [5.41, 5.74) is 0. The quantitative estimate of drug-likeness (QED) is 0.318. The van der Waals surface area contributed by atoms with Crippen LogP contribution in [-0.2, 0) is 9.53 Å². The Kier molecular flexibility index (Phi) is 5.08. The van der Waals surface area contributed by atoms with Crippen molar-refractivity contribution in [2.75, 3.05) is 20.3 Å². The van der Waals surface area contributed by atoms with E-state index in [9.17, 15) is 4.79 Å². The molecule has 0 atom stereocenters. The molecule has 0 aliphatic carbocycles. The van der Waals surface area contributed by atoms with Crippen LogP contribution in [-0.4, -0.2) is 26.3 Å². The number of ether oxygens (including phenoxy) is 3. The number of methoxy groups -OCH3 is 1. The highest BCUT2D eigenvalue weighted by atomic mass is 16.5. The minimum Gasteiger partial charge on any atom is -0.491 e. The minimum absolute atomic E-state index is 0.462. The smallest absolute Gasteiger partial charge is 0.335 e. The number of esters is 1. The second-order valence-corrected chi connectivity index (χ2v) is 2.94. The van der Waals surface area contributed by atoms with Crippen LogP contribution in [0.4, 0.5) is 0 Å². The van der Waals surface area contributed by atoms with Gasteiger partial charge in [0.2, 0.25) is 0 Å². The maximum absolute atomic E-state index is 10.9. The van der Waals surface area contributed by atoms with Gasteiger partial charge in [0, 0.05) is 13.2 Å². The zero-order valence-corrected chi connectivity index (χ0v) is 9.14. The van der Waals surface area contributed by atoms with Crippen molar-refractivity contribution in [1.82, 2.24) is 0 Å². The molecule has 0 N–H and O–H groups in total. The molecular formula is C12H14O4. The van der Waals surface area contributed by atoms with Gasteiger partial charge in [-0.3, -0.25) is 0 Å². The lowest BCUT2D eigenvalue weighted by Gasteiger charge is -2.06. The molecule has 1 rings (SSSR count). The number of carbonyl (C=O) groups excluding carboxylic acids is 1. The Labute approximate surface area is 94.4 Å². The van der Waals surface area contributed by atoms with Crippen LogP contribution >= 0.6 is 0 Å². The van der Waals surface area contributed by atoms with E-state index in [0.29, 0.717) is 24.7 Å². The van der Waals surface area contributed by atoms with E-state index in [2.05, 4.69) is 6.58 Å². The van der Waals surface area contributed by atoms with Crippen molar-refractivity contribution in [2.45, 2.75) is 0 Å². The summed E-state index contributed by atoms with van der Waals surface area (Å²) in [6, 6.07) is 6.76. The Balaban J connectivity index is 2.47. The predicted molar refractivity (Wildman–Crippen MR) is 59.6 cm³/mol. The molecule has 0 radical (unpaired) electrons. The Morgan fingerprint density at radius 3 is 2.44 bits per heavy atom. The first-order chi connectivity index (χ1) is 7.76. The van der Waals surface area contributed by atoms with Gasteiger partial charge in [0.25, 0.3) is 0 Å². The molecule has 1 aromatic rings. The van der Waals surface area contributed by atoms with Crippen molar-refractivity contribution in [1.29, 1.82) is 0 Å². The average Bonchev–Trinajstić information content (AvgIpc) is 2.31. The maximum atomic E-state index is 10.9. The summed E-state index contributed by atoms with van der Waals surface area (Å²) in [7, 11) is 1.61. The van der Waals surface area contributed by atoms with Crippen molar-refractivity contribution in [2.24, 2.45) is 0 Å². The predicted octanol–water partition coefficient (Wildman–Crippen LogP) is 1.80. The third-order valence-electron chi connectivity index (χ3n) is 1.77. The summed E-state index contributed by atoms with van der Waals surface area (Å²) in [5, 5.41) is 0. The Morgan fingerprint density at radius 1 is 1.25 bits per heavy atom. The molecule has 0 aliphatic rings. The Bertz CT molecular complexity index is 343. The topological polar surface area (TPSA) is 44.8 Å². The van der Waals surface area contributed by atoms with Crippen molar-refractivity contribution in [3.8, 4) is 11.5 Å². The normalized spacial score (nSPS) is 9.56. The highest BCUT2D eigenvalue weighted by Crippen LogP contribution is 2.17. The van der Waals surface area contributed by atoms with Crippen LogP contribution in [0, 0.1) is 0 Å². The molecule has 0 aromatic heterocycles. The number of hydrogen-bond acceptors (Lipinski definition) is 4. The van der Waals surface area contributed by atoms with Crippen molar-refractivity contribution >= 4 is 5.97 Å². The molecule has 0 heterocycles. The number of carbonyl (C=O) groups is 1. The molecule has 16 heavy (non-hydrogen) atoms. The van der Waals surface area contributed by atoms with E-state index in [4.69, 9.17) is 14.2 Å². The Morgan fingerprint density at radius 2 is 1.88 bits per heavy atom. The maximum Gasteiger partial charge on any atom is 0.335 e. The SMILES string of the molecule is C=CC(=O)Oc1ccc(OCCOC)cc1. The molecule has 0 amide bonds.